The van der Waals surface area contributed by atoms with Gasteiger partial charge in [0.1, 0.15) is 96.1 Å². The number of carboxylic acids is 1. The number of esters is 1. The molecule has 8 heterocycles. The average molecular weight is 1780 g/mol. The number of aromatic hydroxyl groups is 3. The normalized spacial score (nSPS) is 30.2. The van der Waals surface area contributed by atoms with Crippen molar-refractivity contribution in [3.63, 3.8) is 0 Å². The van der Waals surface area contributed by atoms with Gasteiger partial charge in [0.15, 0.2) is 48.7 Å². The molecule has 672 valence electrons. The summed E-state index contributed by atoms with van der Waals surface area (Å²) in [7, 11) is 1.45. The number of halogens is 2. The maximum absolute atomic E-state index is 16.6. The number of benzene rings is 5. The van der Waals surface area contributed by atoms with Crippen LogP contribution in [0, 0.1) is 11.3 Å². The third kappa shape index (κ3) is 20.9. The van der Waals surface area contributed by atoms with E-state index < -0.39 is 307 Å². The minimum absolute atomic E-state index is 0.0133. The van der Waals surface area contributed by atoms with Gasteiger partial charge in [-0.25, -0.2) is 4.79 Å². The zero-order valence-electron chi connectivity index (χ0n) is 68.2. The molecule has 41 nitrogen and oxygen atoms in total. The Morgan fingerprint density at radius 1 is 0.685 bits per heavy atom. The number of carboxylic acid groups (broad SMARTS) is 1. The second kappa shape index (κ2) is 38.0. The Bertz CT molecular complexity index is 4950. The molecule has 8 amide bonds. The van der Waals surface area contributed by atoms with E-state index in [4.69, 9.17) is 83.0 Å². The average Bonchev–Trinajstić information content (AvgIpc) is 0.754. The molecule has 43 heteroatoms. The van der Waals surface area contributed by atoms with Crippen molar-refractivity contribution in [3.8, 4) is 57.1 Å². The fourth-order valence-electron chi connectivity index (χ4n) is 15.3. The molecule has 8 aliphatic rings. The molecule has 0 saturated carbocycles. The highest BCUT2D eigenvalue weighted by Crippen LogP contribution is 2.51. The Morgan fingerprint density at radius 2 is 1.26 bits per heavy atom. The molecule has 13 rings (SSSR count). The number of nitrogens with two attached hydrogens (primary N) is 3. The van der Waals surface area contributed by atoms with E-state index in [0.717, 1.165) is 66.7 Å². The molecule has 3 fully saturated rings. The van der Waals surface area contributed by atoms with E-state index in [1.165, 1.54) is 60.7 Å². The van der Waals surface area contributed by atoms with Crippen molar-refractivity contribution >= 4 is 88.7 Å². The van der Waals surface area contributed by atoms with Gasteiger partial charge in [0.05, 0.1) is 52.3 Å². The predicted molar refractivity (Wildman–Crippen MR) is 428 cm³/mol. The molecule has 0 spiro atoms. The number of hydrogen-bond donors (Lipinski definition) is 21. The molecular formula is C81H99Cl2N11O30. The van der Waals surface area contributed by atoms with Gasteiger partial charge in [-0.3, -0.25) is 47.9 Å². The molecule has 18 unspecified atom stereocenters. The van der Waals surface area contributed by atoms with E-state index in [1.807, 2.05) is 5.32 Å². The van der Waals surface area contributed by atoms with Gasteiger partial charge in [-0.15, -0.1) is 0 Å². The number of rotatable bonds is 21. The molecule has 24 N–H and O–H groups in total. The first-order valence-electron chi connectivity index (χ1n) is 39.2. The Morgan fingerprint density at radius 3 is 1.83 bits per heavy atom. The van der Waals surface area contributed by atoms with Crippen LogP contribution in [-0.2, 0) is 81.2 Å². The Kier molecular flexibility index (Phi) is 28.8. The van der Waals surface area contributed by atoms with E-state index in [2.05, 4.69) is 37.2 Å². The van der Waals surface area contributed by atoms with Crippen molar-refractivity contribution in [3.05, 3.63) is 117 Å². The number of amides is 8. The van der Waals surface area contributed by atoms with Crippen molar-refractivity contribution in [1.29, 1.82) is 0 Å². The van der Waals surface area contributed by atoms with E-state index in [-0.39, 0.29) is 42.6 Å². The molecule has 5 aromatic rings. The summed E-state index contributed by atoms with van der Waals surface area (Å²) in [5, 5.41) is 134. The number of hydrogen-bond acceptors (Lipinski definition) is 32. The number of phenols is 3. The number of likely N-dealkylation sites (N-methyl/N-ethyl adjacent to an activating group) is 1. The molecule has 11 bridgehead atoms. The van der Waals surface area contributed by atoms with Crippen LogP contribution in [0.15, 0.2) is 78.9 Å². The van der Waals surface area contributed by atoms with Gasteiger partial charge in [-0.2, -0.15) is 0 Å². The quantitative estimate of drug-likeness (QED) is 0.0260. The molecule has 8 aliphatic heterocycles. The number of phenolic OH excluding ortho intramolecular Hbond substituents is 3. The molecule has 5 aromatic carbocycles. The van der Waals surface area contributed by atoms with E-state index in [9.17, 15) is 79.8 Å². The van der Waals surface area contributed by atoms with Crippen LogP contribution < -0.4 is 73.9 Å². The molecular weight excluding hydrogens is 1680 g/mol. The Labute approximate surface area is 717 Å². The standard InChI is InChI=1S/C81H99Cl2N11O30/c1-30(2)16-42(87-9)70(107)93-60-62(102)34-11-14-46(40(82)18-34)119-48-20-36-21-49(66(48)124-77-67(123-55-27-81(8,86)69(106)32(4)118-55)64(104)63(103)50(121-77)29-116-78(115)79(5,6)25-52(100)89-53(101)28-95)120-47-15-12-35(19-41(47)83)65(122-54-26-80(7,85)68(105)31(3)117-54)61-75(112)92-59(76(113)114)39-22-37(96)23-45(98)56(39)38-17-33(10-13-44(38)97)57(72(109)94-61)91-73(110)58(36)90-71(108)43(24-51(84)99)88-74(60)111/h10-15,17-23,28,30-32,42-43,50,53-55,57-65,67-69,77,87,96-98,101-106H,16,24-27,29,85-86H2,1-9H3,(H2,84,99)(H,88,111)(H,89,100)(H,90,108)(H,91,110)(H,92,112)(H,93,107)(H,94,109)(H,113,114)/t31?,32?,42?,43?,50?,53?,54?,55?,57?,58?,59-,60?,61?,62+,63?,64?,65-,67?,68?,69?,77?,80+,81+/m1/s1. The summed E-state index contributed by atoms with van der Waals surface area (Å²) in [4.78, 5) is 159. The SMILES string of the molecule is CNC(CC(C)C)C(=O)NC1C(=O)NC(CC(N)=O)C(=O)NC2C(=O)NC3C(=O)NC(C(=O)N[C@@H](C(=O)O)c4cc(O)cc(O)c4-c4cc3ccc4O)[C@H](OC3C[C@](C)(N)C(O)C(C)O3)c3ccc(c(Cl)c3)Oc3cc2cc(c3OC2OC(COC(=O)C(C)(C)CC(=O)NC(O)C=O)C(O)C(O)C2OC2C[C@](C)(N)C(O)C(C)O2)Oc2ccc(cc2Cl)[C@@H]1O. The van der Waals surface area contributed by atoms with Crippen LogP contribution in [0.25, 0.3) is 11.1 Å². The van der Waals surface area contributed by atoms with E-state index in [0.29, 0.717) is 0 Å². The second-order valence-electron chi connectivity index (χ2n) is 32.9. The zero-order chi connectivity index (χ0) is 91.0. The Hall–Kier alpha value is -10.7. The lowest BCUT2D eigenvalue weighted by Crippen LogP contribution is -2.64. The van der Waals surface area contributed by atoms with Crippen LogP contribution in [0.3, 0.4) is 0 Å². The fourth-order valence-corrected chi connectivity index (χ4v) is 15.8. The molecule has 124 heavy (non-hydrogen) atoms. The van der Waals surface area contributed by atoms with Gasteiger partial charge in [0, 0.05) is 53.1 Å². The number of nitrogens with one attached hydrogen (secondary N) is 8. The summed E-state index contributed by atoms with van der Waals surface area (Å²) in [5.41, 5.74) is 11.2. The number of fused-ring (bicyclic) bond motifs is 15. The van der Waals surface area contributed by atoms with Crippen molar-refractivity contribution < 1.29 is 146 Å². The first kappa shape index (κ1) is 94.0. The number of carbonyl (C=O) groups is 11. The first-order valence-corrected chi connectivity index (χ1v) is 40.0. The first-order chi connectivity index (χ1) is 58.2. The van der Waals surface area contributed by atoms with Crippen molar-refractivity contribution in [2.24, 2.45) is 28.5 Å². The van der Waals surface area contributed by atoms with Crippen LogP contribution in [0.1, 0.15) is 146 Å². The van der Waals surface area contributed by atoms with Crippen molar-refractivity contribution in [2.75, 3.05) is 13.7 Å². The smallest absolute Gasteiger partial charge is 0.330 e. The zero-order valence-corrected chi connectivity index (χ0v) is 69.7. The summed E-state index contributed by atoms with van der Waals surface area (Å²) >= 11 is 14.6. The number of carbonyl (C=O) groups excluding carboxylic acids is 10. The molecule has 23 atom stereocenters. The summed E-state index contributed by atoms with van der Waals surface area (Å²) in [5.74, 6) is -19.1. The monoisotopic (exact) mass is 1780 g/mol. The van der Waals surface area contributed by atoms with Crippen LogP contribution in [-0.4, -0.2) is 239 Å². The van der Waals surface area contributed by atoms with Crippen LogP contribution in [0.2, 0.25) is 10.0 Å². The van der Waals surface area contributed by atoms with E-state index in [1.54, 1.807) is 13.8 Å². The van der Waals surface area contributed by atoms with Gasteiger partial charge in [0.25, 0.3) is 0 Å². The third-order valence-electron chi connectivity index (χ3n) is 21.9. The highest BCUT2D eigenvalue weighted by molar-refractivity contribution is 6.32. The van der Waals surface area contributed by atoms with Gasteiger partial charge >= 0.3 is 11.9 Å². The van der Waals surface area contributed by atoms with Crippen molar-refractivity contribution in [1.82, 2.24) is 42.5 Å². The number of aliphatic hydroxyl groups is 6. The van der Waals surface area contributed by atoms with Gasteiger partial charge in [0.2, 0.25) is 59.3 Å². The lowest BCUT2D eigenvalue weighted by atomic mass is 9.86. The predicted octanol–water partition coefficient (Wildman–Crippen LogP) is -0.0556. The van der Waals surface area contributed by atoms with Gasteiger partial charge in [-0.05, 0) is 138 Å². The van der Waals surface area contributed by atoms with Crippen molar-refractivity contribution in [2.45, 2.75) is 227 Å². The molecule has 3 saturated heterocycles. The lowest BCUT2D eigenvalue weighted by molar-refractivity contribution is -0.333. The number of aliphatic hydroxyl groups excluding tert-OH is 6. The Balaban J connectivity index is 1.19. The summed E-state index contributed by atoms with van der Waals surface area (Å²) in [6, 6.07) is -1.31. The maximum atomic E-state index is 16.6. The van der Waals surface area contributed by atoms with Gasteiger partial charge in [-0.1, -0.05) is 55.2 Å². The molecule has 0 radical (unpaired) electrons. The summed E-state index contributed by atoms with van der Waals surface area (Å²) in [6.07, 6.45) is -27.2. The van der Waals surface area contributed by atoms with Crippen LogP contribution in [0.5, 0.6) is 46.0 Å². The number of aliphatic carboxylic acids is 1. The minimum Gasteiger partial charge on any atom is -0.508 e. The third-order valence-corrected chi connectivity index (χ3v) is 22.5. The maximum Gasteiger partial charge on any atom is 0.330 e. The number of ether oxygens (including phenoxy) is 9. The van der Waals surface area contributed by atoms with Crippen LogP contribution >= 0.6 is 23.2 Å². The number of aldehydes is 1. The number of primary amides is 1. The fraction of sp³-hybridized carbons (Fsp3) is 0.494. The second-order valence-corrected chi connectivity index (χ2v) is 33.7. The molecule has 0 aliphatic carbocycles. The van der Waals surface area contributed by atoms with E-state index >= 15 is 24.0 Å². The topological polar surface area (TPSA) is 647 Å². The highest BCUT2D eigenvalue weighted by atomic mass is 35.5. The summed E-state index contributed by atoms with van der Waals surface area (Å²) in [6.45, 7) is 10.9. The van der Waals surface area contributed by atoms with Crippen LogP contribution in [0.4, 0.5) is 0 Å². The summed E-state index contributed by atoms with van der Waals surface area (Å²) < 4.78 is 58.1. The molecule has 0 aromatic heterocycles. The highest BCUT2D eigenvalue weighted by Gasteiger charge is 2.53. The minimum atomic E-state index is -2.46. The largest absolute Gasteiger partial charge is 0.508 e. The lowest BCUT2D eigenvalue weighted by Gasteiger charge is -2.47. The van der Waals surface area contributed by atoms with Gasteiger partial charge < -0.3 is 153 Å².